The molecule has 1 heterocycles. The Balaban J connectivity index is 1.42. The molecule has 0 aromatic heterocycles. The highest BCUT2D eigenvalue weighted by Gasteiger charge is 2.62. The number of carboxylic acid groups (broad SMARTS) is 1. The van der Waals surface area contributed by atoms with E-state index < -0.39 is 11.6 Å². The van der Waals surface area contributed by atoms with Crippen LogP contribution < -0.4 is 4.74 Å². The third-order valence-corrected chi connectivity index (χ3v) is 6.41. The van der Waals surface area contributed by atoms with E-state index in [9.17, 15) is 14.7 Å². The van der Waals surface area contributed by atoms with Gasteiger partial charge in [-0.2, -0.15) is 0 Å². The van der Waals surface area contributed by atoms with Crippen molar-refractivity contribution in [1.29, 1.82) is 0 Å². The van der Waals surface area contributed by atoms with Gasteiger partial charge < -0.3 is 14.7 Å². The molecule has 0 unspecified atom stereocenters. The Bertz CT molecular complexity index is 701. The molecule has 0 bridgehead atoms. The molecule has 5 heteroatoms. The Morgan fingerprint density at radius 1 is 1.20 bits per heavy atom. The number of likely N-dealkylation sites (tertiary alicyclic amines) is 1. The Labute approximate surface area is 148 Å². The lowest BCUT2D eigenvalue weighted by molar-refractivity contribution is -0.162. The van der Waals surface area contributed by atoms with Crippen LogP contribution >= 0.6 is 0 Å². The number of amides is 1. The van der Waals surface area contributed by atoms with Crippen LogP contribution in [0.1, 0.15) is 44.1 Å². The van der Waals surface area contributed by atoms with Gasteiger partial charge in [0.1, 0.15) is 5.75 Å². The van der Waals surface area contributed by atoms with Crippen molar-refractivity contribution in [2.45, 2.75) is 51.0 Å². The molecule has 1 aromatic rings. The molecule has 3 aliphatic rings. The molecule has 0 radical (unpaired) electrons. The summed E-state index contributed by atoms with van der Waals surface area (Å²) in [5.74, 6) is 0.0614. The van der Waals surface area contributed by atoms with E-state index in [1.54, 1.807) is 6.07 Å². The first-order valence-electron chi connectivity index (χ1n) is 9.22. The lowest BCUT2D eigenvalue weighted by atomic mass is 9.79. The molecule has 1 aliphatic heterocycles. The van der Waals surface area contributed by atoms with E-state index in [0.29, 0.717) is 37.1 Å². The summed E-state index contributed by atoms with van der Waals surface area (Å²) in [6.07, 6.45) is 5.32. The van der Waals surface area contributed by atoms with Gasteiger partial charge in [0.25, 0.3) is 0 Å². The highest BCUT2D eigenvalue weighted by Crippen LogP contribution is 2.66. The third kappa shape index (κ3) is 2.79. The number of piperidine rings is 1. The molecule has 1 N–H and O–H groups in total. The molecule has 2 aliphatic carbocycles. The molecule has 134 valence electrons. The molecular weight excluding hydrogens is 318 g/mol. The van der Waals surface area contributed by atoms with Gasteiger partial charge in [-0.05, 0) is 49.3 Å². The number of hydrogen-bond donors (Lipinski definition) is 1. The summed E-state index contributed by atoms with van der Waals surface area (Å²) in [6.45, 7) is 2.88. The molecule has 5 nitrogen and oxygen atoms in total. The molecule has 1 saturated heterocycles. The van der Waals surface area contributed by atoms with Crippen molar-refractivity contribution >= 4 is 11.9 Å². The fourth-order valence-corrected chi connectivity index (χ4v) is 4.45. The van der Waals surface area contributed by atoms with Gasteiger partial charge in [0, 0.05) is 31.8 Å². The van der Waals surface area contributed by atoms with E-state index in [-0.39, 0.29) is 11.8 Å². The van der Waals surface area contributed by atoms with Crippen LogP contribution in [0.3, 0.4) is 0 Å². The minimum atomic E-state index is -1.23. The Morgan fingerprint density at radius 2 is 1.92 bits per heavy atom. The van der Waals surface area contributed by atoms with Crippen LogP contribution in [-0.4, -0.2) is 40.6 Å². The van der Waals surface area contributed by atoms with Crippen LogP contribution in [0.4, 0.5) is 0 Å². The monoisotopic (exact) mass is 343 g/mol. The quantitative estimate of drug-likeness (QED) is 0.912. The molecule has 2 saturated carbocycles. The maximum Gasteiger partial charge on any atom is 0.348 e. The van der Waals surface area contributed by atoms with E-state index in [0.717, 1.165) is 12.0 Å². The van der Waals surface area contributed by atoms with E-state index in [2.05, 4.69) is 0 Å². The largest absolute Gasteiger partial charge is 0.478 e. The van der Waals surface area contributed by atoms with Gasteiger partial charge in [-0.15, -0.1) is 0 Å². The minimum Gasteiger partial charge on any atom is -0.478 e. The van der Waals surface area contributed by atoms with Crippen LogP contribution in [-0.2, 0) is 9.59 Å². The van der Waals surface area contributed by atoms with E-state index >= 15 is 0 Å². The summed E-state index contributed by atoms with van der Waals surface area (Å²) >= 11 is 0. The van der Waals surface area contributed by atoms with Gasteiger partial charge in [0.05, 0.1) is 0 Å². The normalized spacial score (nSPS) is 26.0. The average Bonchev–Trinajstić information content (AvgIpc) is 3.31. The number of aryl methyl sites for hydroxylation is 1. The number of aliphatic carboxylic acids is 1. The van der Waals surface area contributed by atoms with Crippen LogP contribution in [0.25, 0.3) is 0 Å². The molecule has 1 spiro atoms. The summed E-state index contributed by atoms with van der Waals surface area (Å²) in [7, 11) is 0. The number of benzene rings is 1. The number of carboxylic acids is 1. The van der Waals surface area contributed by atoms with E-state index in [1.165, 1.54) is 19.3 Å². The second-order valence-corrected chi connectivity index (χ2v) is 8.02. The van der Waals surface area contributed by atoms with Gasteiger partial charge in [-0.3, -0.25) is 4.79 Å². The molecule has 25 heavy (non-hydrogen) atoms. The number of carbonyl (C=O) groups excluding carboxylic acids is 1. The number of ether oxygens (including phenoxy) is 1. The number of hydrogen-bond acceptors (Lipinski definition) is 3. The maximum absolute atomic E-state index is 12.7. The topological polar surface area (TPSA) is 66.8 Å². The zero-order valence-corrected chi connectivity index (χ0v) is 14.7. The van der Waals surface area contributed by atoms with Gasteiger partial charge in [-0.1, -0.05) is 18.6 Å². The van der Waals surface area contributed by atoms with Gasteiger partial charge >= 0.3 is 5.97 Å². The number of carbonyl (C=O) groups is 2. The van der Waals surface area contributed by atoms with Crippen molar-refractivity contribution < 1.29 is 19.4 Å². The zero-order chi connectivity index (χ0) is 17.7. The lowest BCUT2D eigenvalue weighted by Crippen LogP contribution is -2.54. The van der Waals surface area contributed by atoms with Crippen molar-refractivity contribution in [3.63, 3.8) is 0 Å². The summed E-state index contributed by atoms with van der Waals surface area (Å²) in [6, 6.07) is 7.46. The van der Waals surface area contributed by atoms with Crippen molar-refractivity contribution in [3.8, 4) is 5.75 Å². The summed E-state index contributed by atoms with van der Waals surface area (Å²) in [5.41, 5.74) is 0.115. The van der Waals surface area contributed by atoms with Crippen LogP contribution in [0.5, 0.6) is 5.75 Å². The zero-order valence-electron chi connectivity index (χ0n) is 14.7. The predicted octanol–water partition coefficient (Wildman–Crippen LogP) is 3.01. The second kappa shape index (κ2) is 5.75. The molecule has 1 atom stereocenters. The first-order chi connectivity index (χ1) is 11.9. The minimum absolute atomic E-state index is 0.191. The fraction of sp³-hybridized carbons (Fsp3) is 0.600. The fourth-order valence-electron chi connectivity index (χ4n) is 4.45. The molecular formula is C20H25NO4. The first-order valence-corrected chi connectivity index (χ1v) is 9.22. The summed E-state index contributed by atoms with van der Waals surface area (Å²) in [4.78, 5) is 26.5. The van der Waals surface area contributed by atoms with Gasteiger partial charge in [0.15, 0.2) is 0 Å². The van der Waals surface area contributed by atoms with Crippen molar-refractivity contribution in [1.82, 2.24) is 4.90 Å². The van der Waals surface area contributed by atoms with Crippen LogP contribution in [0.15, 0.2) is 24.3 Å². The van der Waals surface area contributed by atoms with Crippen LogP contribution in [0, 0.1) is 18.3 Å². The standard InChI is InChI=1S/C20H25NO4/c1-14-4-2-5-15(12-14)25-20(18(23)24)8-10-21(11-9-20)17(22)16-13-19(16)6-3-7-19/h2,4-5,12,16H,3,6-11,13H2,1H3,(H,23,24)/t16-/m1/s1. The molecule has 1 amide bonds. The predicted molar refractivity (Wildman–Crippen MR) is 92.4 cm³/mol. The van der Waals surface area contributed by atoms with E-state index in [1.807, 2.05) is 30.0 Å². The average molecular weight is 343 g/mol. The molecule has 4 rings (SSSR count). The maximum atomic E-state index is 12.7. The third-order valence-electron chi connectivity index (χ3n) is 6.41. The lowest BCUT2D eigenvalue weighted by Gasteiger charge is -2.39. The Hall–Kier alpha value is -2.04. The van der Waals surface area contributed by atoms with Crippen molar-refractivity contribution in [3.05, 3.63) is 29.8 Å². The second-order valence-electron chi connectivity index (χ2n) is 8.02. The van der Waals surface area contributed by atoms with Crippen molar-refractivity contribution in [2.75, 3.05) is 13.1 Å². The first kappa shape index (κ1) is 16.4. The molecule has 1 aromatic carbocycles. The highest BCUT2D eigenvalue weighted by atomic mass is 16.5. The Morgan fingerprint density at radius 3 is 2.44 bits per heavy atom. The molecule has 3 fully saturated rings. The smallest absolute Gasteiger partial charge is 0.348 e. The number of nitrogens with zero attached hydrogens (tertiary/aromatic N) is 1. The van der Waals surface area contributed by atoms with Gasteiger partial charge in [0.2, 0.25) is 11.5 Å². The summed E-state index contributed by atoms with van der Waals surface area (Å²) < 4.78 is 5.93. The highest BCUT2D eigenvalue weighted by molar-refractivity contribution is 5.84. The number of rotatable bonds is 4. The van der Waals surface area contributed by atoms with Gasteiger partial charge in [-0.25, -0.2) is 4.79 Å². The van der Waals surface area contributed by atoms with Crippen LogP contribution in [0.2, 0.25) is 0 Å². The summed E-state index contributed by atoms with van der Waals surface area (Å²) in [5, 5.41) is 9.77. The van der Waals surface area contributed by atoms with E-state index in [4.69, 9.17) is 4.74 Å². The Kier molecular flexibility index (Phi) is 3.78. The SMILES string of the molecule is Cc1cccc(OC2(C(=O)O)CCN(C(=O)[C@H]3CC34CCC4)CC2)c1. The van der Waals surface area contributed by atoms with Crippen molar-refractivity contribution in [2.24, 2.45) is 11.3 Å².